The lowest BCUT2D eigenvalue weighted by Gasteiger charge is -2.31. The molecular formula is C14H29N3O2. The molecular weight excluding hydrogens is 242 g/mol. The number of likely N-dealkylation sites (tertiary alicyclic amines) is 1. The van der Waals surface area contributed by atoms with Crippen molar-refractivity contribution in [2.24, 2.45) is 5.92 Å². The van der Waals surface area contributed by atoms with Gasteiger partial charge in [-0.15, -0.1) is 0 Å². The highest BCUT2D eigenvalue weighted by Gasteiger charge is 2.16. The standard InChI is InChI=1S/C14H29N3O2/c1-12(2)14(18)16-6-10-19-11-9-17-7-4-13(15-3)5-8-17/h12-13,15H,4-11H2,1-3H3,(H,16,18). The van der Waals surface area contributed by atoms with Crippen LogP contribution in [0.4, 0.5) is 0 Å². The normalized spacial score (nSPS) is 17.9. The number of carbonyl (C=O) groups is 1. The zero-order valence-electron chi connectivity index (χ0n) is 12.6. The number of amides is 1. The maximum Gasteiger partial charge on any atom is 0.222 e. The second kappa shape index (κ2) is 9.28. The van der Waals surface area contributed by atoms with Crippen molar-refractivity contribution >= 4 is 5.91 Å². The summed E-state index contributed by atoms with van der Waals surface area (Å²) in [5, 5.41) is 6.18. The van der Waals surface area contributed by atoms with E-state index in [1.165, 1.54) is 12.8 Å². The van der Waals surface area contributed by atoms with Crippen LogP contribution in [-0.2, 0) is 9.53 Å². The highest BCUT2D eigenvalue weighted by Crippen LogP contribution is 2.08. The molecule has 5 nitrogen and oxygen atoms in total. The van der Waals surface area contributed by atoms with Crippen LogP contribution < -0.4 is 10.6 Å². The van der Waals surface area contributed by atoms with Crippen LogP contribution in [0.3, 0.4) is 0 Å². The quantitative estimate of drug-likeness (QED) is 0.630. The fraction of sp³-hybridized carbons (Fsp3) is 0.929. The molecule has 0 saturated carbocycles. The van der Waals surface area contributed by atoms with E-state index in [0.29, 0.717) is 19.2 Å². The topological polar surface area (TPSA) is 53.6 Å². The Kier molecular flexibility index (Phi) is 8.02. The van der Waals surface area contributed by atoms with Crippen molar-refractivity contribution in [1.29, 1.82) is 0 Å². The Morgan fingerprint density at radius 2 is 2.00 bits per heavy atom. The van der Waals surface area contributed by atoms with Crippen molar-refractivity contribution in [1.82, 2.24) is 15.5 Å². The van der Waals surface area contributed by atoms with Crippen molar-refractivity contribution in [3.63, 3.8) is 0 Å². The average Bonchev–Trinajstić information content (AvgIpc) is 2.42. The minimum Gasteiger partial charge on any atom is -0.378 e. The van der Waals surface area contributed by atoms with Crippen molar-refractivity contribution in [2.45, 2.75) is 32.7 Å². The van der Waals surface area contributed by atoms with Crippen LogP contribution in [0.1, 0.15) is 26.7 Å². The molecule has 0 atom stereocenters. The summed E-state index contributed by atoms with van der Waals surface area (Å²) >= 11 is 0. The van der Waals surface area contributed by atoms with Gasteiger partial charge in [-0.1, -0.05) is 13.8 Å². The second-order valence-electron chi connectivity index (χ2n) is 5.46. The number of nitrogens with one attached hydrogen (secondary N) is 2. The molecule has 1 rings (SSSR count). The monoisotopic (exact) mass is 271 g/mol. The van der Waals surface area contributed by atoms with E-state index >= 15 is 0 Å². The Balaban J connectivity index is 1.93. The summed E-state index contributed by atoms with van der Waals surface area (Å²) in [4.78, 5) is 13.7. The molecule has 1 fully saturated rings. The highest BCUT2D eigenvalue weighted by molar-refractivity contribution is 5.77. The lowest BCUT2D eigenvalue weighted by Crippen LogP contribution is -2.42. The molecule has 19 heavy (non-hydrogen) atoms. The number of ether oxygens (including phenoxy) is 1. The number of piperidine rings is 1. The van der Waals surface area contributed by atoms with Crippen molar-refractivity contribution in [3.8, 4) is 0 Å². The van der Waals surface area contributed by atoms with E-state index in [-0.39, 0.29) is 11.8 Å². The first-order valence-electron chi connectivity index (χ1n) is 7.38. The number of rotatable bonds is 8. The summed E-state index contributed by atoms with van der Waals surface area (Å²) in [5.41, 5.74) is 0. The van der Waals surface area contributed by atoms with Gasteiger partial charge in [0.1, 0.15) is 0 Å². The van der Waals surface area contributed by atoms with Gasteiger partial charge in [0.05, 0.1) is 13.2 Å². The van der Waals surface area contributed by atoms with Gasteiger partial charge in [-0.05, 0) is 33.0 Å². The highest BCUT2D eigenvalue weighted by atomic mass is 16.5. The van der Waals surface area contributed by atoms with Crippen LogP contribution >= 0.6 is 0 Å². The Morgan fingerprint density at radius 3 is 2.58 bits per heavy atom. The zero-order chi connectivity index (χ0) is 14.1. The van der Waals surface area contributed by atoms with Gasteiger partial charge < -0.3 is 20.3 Å². The van der Waals surface area contributed by atoms with Crippen molar-refractivity contribution < 1.29 is 9.53 Å². The smallest absolute Gasteiger partial charge is 0.222 e. The Bertz CT molecular complexity index is 251. The third kappa shape index (κ3) is 6.89. The predicted molar refractivity (Wildman–Crippen MR) is 77.2 cm³/mol. The van der Waals surface area contributed by atoms with Crippen LogP contribution in [0.25, 0.3) is 0 Å². The molecule has 0 radical (unpaired) electrons. The van der Waals surface area contributed by atoms with E-state index in [9.17, 15) is 4.79 Å². The zero-order valence-corrected chi connectivity index (χ0v) is 12.6. The van der Waals surface area contributed by atoms with Gasteiger partial charge in [0.15, 0.2) is 0 Å². The van der Waals surface area contributed by atoms with Crippen LogP contribution in [-0.4, -0.2) is 63.3 Å². The lowest BCUT2D eigenvalue weighted by atomic mass is 10.1. The van der Waals surface area contributed by atoms with Crippen LogP contribution in [0.2, 0.25) is 0 Å². The molecule has 5 heteroatoms. The predicted octanol–water partition coefficient (Wildman–Crippen LogP) is 0.459. The van der Waals surface area contributed by atoms with Gasteiger partial charge >= 0.3 is 0 Å². The molecule has 1 aliphatic rings. The van der Waals surface area contributed by atoms with Crippen LogP contribution in [0, 0.1) is 5.92 Å². The summed E-state index contributed by atoms with van der Waals surface area (Å²) in [7, 11) is 2.04. The van der Waals surface area contributed by atoms with Crippen molar-refractivity contribution in [3.05, 3.63) is 0 Å². The van der Waals surface area contributed by atoms with Gasteiger partial charge in [0.2, 0.25) is 5.91 Å². The average molecular weight is 271 g/mol. The minimum absolute atomic E-state index is 0.0495. The van der Waals surface area contributed by atoms with Gasteiger partial charge in [0.25, 0.3) is 0 Å². The molecule has 1 saturated heterocycles. The maximum atomic E-state index is 11.3. The SMILES string of the molecule is CNC1CCN(CCOCCNC(=O)C(C)C)CC1. The first kappa shape index (κ1) is 16.4. The van der Waals surface area contributed by atoms with Gasteiger partial charge in [0, 0.05) is 25.0 Å². The molecule has 0 aromatic carbocycles. The molecule has 0 spiro atoms. The lowest BCUT2D eigenvalue weighted by molar-refractivity contribution is -0.124. The van der Waals surface area contributed by atoms with E-state index < -0.39 is 0 Å². The molecule has 1 aliphatic heterocycles. The molecule has 0 aliphatic carbocycles. The van der Waals surface area contributed by atoms with Gasteiger partial charge in [-0.2, -0.15) is 0 Å². The minimum atomic E-state index is 0.0495. The molecule has 112 valence electrons. The van der Waals surface area contributed by atoms with Crippen LogP contribution in [0.5, 0.6) is 0 Å². The van der Waals surface area contributed by atoms with E-state index in [1.807, 2.05) is 20.9 Å². The third-order valence-electron chi connectivity index (χ3n) is 3.62. The Morgan fingerprint density at radius 1 is 1.32 bits per heavy atom. The largest absolute Gasteiger partial charge is 0.378 e. The van der Waals surface area contributed by atoms with Crippen molar-refractivity contribution in [2.75, 3.05) is 46.4 Å². The summed E-state index contributed by atoms with van der Waals surface area (Å²) in [6.45, 7) is 9.05. The molecule has 0 bridgehead atoms. The summed E-state index contributed by atoms with van der Waals surface area (Å²) in [6, 6.07) is 0.684. The summed E-state index contributed by atoms with van der Waals surface area (Å²) < 4.78 is 5.55. The number of hydrogen-bond acceptors (Lipinski definition) is 4. The van der Waals surface area contributed by atoms with E-state index in [2.05, 4.69) is 15.5 Å². The van der Waals surface area contributed by atoms with E-state index in [1.54, 1.807) is 0 Å². The Hall–Kier alpha value is -0.650. The molecule has 0 aromatic rings. The van der Waals surface area contributed by atoms with Gasteiger partial charge in [-0.25, -0.2) is 0 Å². The number of carbonyl (C=O) groups excluding carboxylic acids is 1. The van der Waals surface area contributed by atoms with E-state index in [4.69, 9.17) is 4.74 Å². The third-order valence-corrected chi connectivity index (χ3v) is 3.62. The maximum absolute atomic E-state index is 11.3. The van der Waals surface area contributed by atoms with Crippen LogP contribution in [0.15, 0.2) is 0 Å². The molecule has 1 heterocycles. The molecule has 0 unspecified atom stereocenters. The molecule has 2 N–H and O–H groups in total. The molecule has 1 amide bonds. The second-order valence-corrected chi connectivity index (χ2v) is 5.46. The summed E-state index contributed by atoms with van der Waals surface area (Å²) in [5.74, 6) is 0.145. The Labute approximate surface area is 117 Å². The summed E-state index contributed by atoms with van der Waals surface area (Å²) in [6.07, 6.45) is 2.45. The fourth-order valence-electron chi connectivity index (χ4n) is 2.19. The first-order chi connectivity index (χ1) is 9.13. The first-order valence-corrected chi connectivity index (χ1v) is 7.38. The van der Waals surface area contributed by atoms with E-state index in [0.717, 1.165) is 26.2 Å². The number of hydrogen-bond donors (Lipinski definition) is 2. The van der Waals surface area contributed by atoms with Gasteiger partial charge in [-0.3, -0.25) is 4.79 Å². The fourth-order valence-corrected chi connectivity index (χ4v) is 2.19. The molecule has 0 aromatic heterocycles. The number of nitrogens with zero attached hydrogens (tertiary/aromatic N) is 1.